The van der Waals surface area contributed by atoms with Crippen LogP contribution in [0.5, 0.6) is 0 Å². The second-order valence-electron chi connectivity index (χ2n) is 5.47. The lowest BCUT2D eigenvalue weighted by Gasteiger charge is -2.16. The third-order valence-electron chi connectivity index (χ3n) is 2.93. The number of aromatic nitrogens is 1. The summed E-state index contributed by atoms with van der Waals surface area (Å²) in [5.74, 6) is 0. The van der Waals surface area contributed by atoms with Crippen LogP contribution in [0.2, 0.25) is 0 Å². The van der Waals surface area contributed by atoms with Crippen molar-refractivity contribution >= 4 is 23.1 Å². The van der Waals surface area contributed by atoms with E-state index in [0.29, 0.717) is 6.54 Å². The van der Waals surface area contributed by atoms with Crippen molar-refractivity contribution in [1.82, 2.24) is 4.98 Å². The van der Waals surface area contributed by atoms with Crippen molar-refractivity contribution in [1.29, 1.82) is 0 Å². The van der Waals surface area contributed by atoms with Gasteiger partial charge in [0, 0.05) is 27.3 Å². The first kappa shape index (κ1) is 14.6. The molecule has 2 aromatic rings. The molecule has 0 amide bonds. The minimum Gasteiger partial charge on any atom is -0.326 e. The topological polar surface area (TPSA) is 38.9 Å². The van der Waals surface area contributed by atoms with Crippen molar-refractivity contribution in [3.63, 3.8) is 0 Å². The molecule has 0 bridgehead atoms. The molecule has 2 N–H and O–H groups in total. The Morgan fingerprint density at radius 1 is 1.21 bits per heavy atom. The molecule has 1 aromatic carbocycles. The molecule has 0 fully saturated rings. The van der Waals surface area contributed by atoms with E-state index in [1.54, 1.807) is 23.1 Å². The molecule has 0 aliphatic heterocycles. The third kappa shape index (κ3) is 3.19. The summed E-state index contributed by atoms with van der Waals surface area (Å²) in [7, 11) is 0. The maximum atomic E-state index is 5.85. The van der Waals surface area contributed by atoms with Crippen LogP contribution < -0.4 is 5.73 Å². The van der Waals surface area contributed by atoms with Crippen molar-refractivity contribution in [2.45, 2.75) is 37.6 Å². The van der Waals surface area contributed by atoms with Gasteiger partial charge in [0.15, 0.2) is 0 Å². The van der Waals surface area contributed by atoms with Crippen LogP contribution in [0.3, 0.4) is 0 Å². The van der Waals surface area contributed by atoms with E-state index >= 15 is 0 Å². The van der Waals surface area contributed by atoms with Gasteiger partial charge >= 0.3 is 0 Å². The fourth-order valence-corrected chi connectivity index (χ4v) is 3.50. The zero-order valence-corrected chi connectivity index (χ0v) is 13.5. The molecule has 0 unspecified atom stereocenters. The fraction of sp³-hybridized carbons (Fsp3) is 0.400. The number of hydrogen-bond acceptors (Lipinski definition) is 4. The molecule has 0 aliphatic rings. The van der Waals surface area contributed by atoms with E-state index in [-0.39, 0.29) is 5.41 Å². The van der Waals surface area contributed by atoms with E-state index in [9.17, 15) is 0 Å². The largest absolute Gasteiger partial charge is 0.326 e. The lowest BCUT2D eigenvalue weighted by Crippen LogP contribution is -2.15. The second kappa shape index (κ2) is 5.65. The minimum atomic E-state index is 0.0443. The molecule has 0 atom stereocenters. The van der Waals surface area contributed by atoms with Gasteiger partial charge in [0.2, 0.25) is 0 Å². The highest BCUT2D eigenvalue weighted by Crippen LogP contribution is 2.34. The Morgan fingerprint density at radius 3 is 2.26 bits per heavy atom. The molecule has 4 heteroatoms. The van der Waals surface area contributed by atoms with Gasteiger partial charge in [0.25, 0.3) is 0 Å². The van der Waals surface area contributed by atoms with E-state index in [4.69, 9.17) is 10.7 Å². The van der Waals surface area contributed by atoms with Crippen LogP contribution in [0.1, 0.15) is 31.3 Å². The predicted molar refractivity (Wildman–Crippen MR) is 85.9 cm³/mol. The third-order valence-corrected chi connectivity index (χ3v) is 4.80. The first-order valence-corrected chi connectivity index (χ1v) is 8.34. The Hall–Kier alpha value is -0.840. The molecule has 0 aliphatic carbocycles. The molecular formula is C15H20N2S2. The standard InChI is InChI=1S/C15H20N2S2/c1-15(2,3)13-12(9-16)19-14(17-13)10-5-7-11(18-4)8-6-10/h5-8H,9,16H2,1-4H3. The van der Waals surface area contributed by atoms with Gasteiger partial charge in [-0.1, -0.05) is 32.9 Å². The highest BCUT2D eigenvalue weighted by Gasteiger charge is 2.22. The first-order valence-electron chi connectivity index (χ1n) is 6.30. The quantitative estimate of drug-likeness (QED) is 0.858. The number of nitrogens with two attached hydrogens (primary N) is 1. The van der Waals surface area contributed by atoms with E-state index in [1.165, 1.54) is 15.3 Å². The van der Waals surface area contributed by atoms with E-state index in [2.05, 4.69) is 51.3 Å². The number of thioether (sulfide) groups is 1. The van der Waals surface area contributed by atoms with Crippen LogP contribution in [0.4, 0.5) is 0 Å². The van der Waals surface area contributed by atoms with Gasteiger partial charge in [0.05, 0.1) is 5.69 Å². The van der Waals surface area contributed by atoms with Crippen molar-refractivity contribution in [3.05, 3.63) is 34.8 Å². The van der Waals surface area contributed by atoms with Crippen LogP contribution in [-0.4, -0.2) is 11.2 Å². The van der Waals surface area contributed by atoms with Gasteiger partial charge in [-0.2, -0.15) is 0 Å². The molecule has 0 saturated heterocycles. The van der Waals surface area contributed by atoms with Crippen LogP contribution in [0.25, 0.3) is 10.6 Å². The molecule has 19 heavy (non-hydrogen) atoms. The Labute approximate surface area is 123 Å². The van der Waals surface area contributed by atoms with Crippen LogP contribution >= 0.6 is 23.1 Å². The van der Waals surface area contributed by atoms with Gasteiger partial charge in [-0.05, 0) is 18.4 Å². The van der Waals surface area contributed by atoms with Crippen LogP contribution in [0.15, 0.2) is 29.2 Å². The molecule has 2 nitrogen and oxygen atoms in total. The number of rotatable bonds is 3. The lowest BCUT2D eigenvalue weighted by atomic mass is 9.91. The number of nitrogens with zero attached hydrogens (tertiary/aromatic N) is 1. The molecule has 0 spiro atoms. The molecule has 1 aromatic heterocycles. The molecule has 102 valence electrons. The Bertz CT molecular complexity index is 551. The SMILES string of the molecule is CSc1ccc(-c2nc(C(C)(C)C)c(CN)s2)cc1. The maximum absolute atomic E-state index is 5.85. The van der Waals surface area contributed by atoms with Crippen LogP contribution in [-0.2, 0) is 12.0 Å². The van der Waals surface area contributed by atoms with Gasteiger partial charge in [-0.3, -0.25) is 0 Å². The van der Waals surface area contributed by atoms with E-state index < -0.39 is 0 Å². The summed E-state index contributed by atoms with van der Waals surface area (Å²) in [5, 5.41) is 1.07. The van der Waals surface area contributed by atoms with Gasteiger partial charge in [-0.15, -0.1) is 23.1 Å². The average molecular weight is 292 g/mol. The van der Waals surface area contributed by atoms with Crippen molar-refractivity contribution in [2.75, 3.05) is 6.26 Å². The summed E-state index contributed by atoms with van der Waals surface area (Å²) in [6.07, 6.45) is 2.09. The van der Waals surface area contributed by atoms with Gasteiger partial charge in [0.1, 0.15) is 5.01 Å². The zero-order chi connectivity index (χ0) is 14.0. The monoisotopic (exact) mass is 292 g/mol. The molecular weight excluding hydrogens is 272 g/mol. The second-order valence-corrected chi connectivity index (χ2v) is 7.44. The lowest BCUT2D eigenvalue weighted by molar-refractivity contribution is 0.567. The summed E-state index contributed by atoms with van der Waals surface area (Å²) in [5.41, 5.74) is 8.20. The fourth-order valence-electron chi connectivity index (χ4n) is 1.93. The molecule has 0 radical (unpaired) electrons. The van der Waals surface area contributed by atoms with E-state index in [1.807, 2.05) is 0 Å². The normalized spacial score (nSPS) is 11.8. The molecule has 0 saturated carbocycles. The number of thiazole rings is 1. The Morgan fingerprint density at radius 2 is 1.84 bits per heavy atom. The number of hydrogen-bond donors (Lipinski definition) is 1. The highest BCUT2D eigenvalue weighted by atomic mass is 32.2. The number of benzene rings is 1. The van der Waals surface area contributed by atoms with Crippen molar-refractivity contribution in [2.24, 2.45) is 5.73 Å². The molecule has 2 rings (SSSR count). The first-order chi connectivity index (χ1) is 8.95. The summed E-state index contributed by atoms with van der Waals surface area (Å²) in [6.45, 7) is 7.11. The average Bonchev–Trinajstić information content (AvgIpc) is 2.83. The van der Waals surface area contributed by atoms with Crippen molar-refractivity contribution < 1.29 is 0 Å². The van der Waals surface area contributed by atoms with Gasteiger partial charge in [-0.25, -0.2) is 4.98 Å². The van der Waals surface area contributed by atoms with Gasteiger partial charge < -0.3 is 5.73 Å². The minimum absolute atomic E-state index is 0.0443. The summed E-state index contributed by atoms with van der Waals surface area (Å²) in [4.78, 5) is 7.27. The van der Waals surface area contributed by atoms with Crippen LogP contribution in [0, 0.1) is 0 Å². The maximum Gasteiger partial charge on any atom is 0.123 e. The summed E-state index contributed by atoms with van der Waals surface area (Å²) < 4.78 is 0. The Kier molecular flexibility index (Phi) is 4.33. The zero-order valence-electron chi connectivity index (χ0n) is 11.9. The summed E-state index contributed by atoms with van der Waals surface area (Å²) >= 11 is 3.46. The smallest absolute Gasteiger partial charge is 0.123 e. The van der Waals surface area contributed by atoms with Crippen molar-refractivity contribution in [3.8, 4) is 10.6 Å². The summed E-state index contributed by atoms with van der Waals surface area (Å²) in [6, 6.07) is 8.55. The Balaban J connectivity index is 2.42. The predicted octanol–water partition coefficient (Wildman–Crippen LogP) is 4.29. The molecule has 1 heterocycles. The van der Waals surface area contributed by atoms with E-state index in [0.717, 1.165) is 10.7 Å². The highest BCUT2D eigenvalue weighted by molar-refractivity contribution is 7.98.